The Hall–Kier alpha value is -2.69. The average molecular weight is 392 g/mol. The number of nitrogens with one attached hydrogen (secondary N) is 1. The van der Waals surface area contributed by atoms with Crippen LogP contribution in [0.15, 0.2) is 41.3 Å². The number of anilines is 1. The van der Waals surface area contributed by atoms with Crippen LogP contribution in [0.2, 0.25) is 0 Å². The number of hydrogen-bond acceptors (Lipinski definition) is 5. The minimum Gasteiger partial charge on any atom is -0.375 e. The number of nitrogens with zero attached hydrogens (tertiary/aromatic N) is 1. The monoisotopic (exact) mass is 392 g/mol. The molecule has 0 atom stereocenters. The number of nitro groups is 1. The molecule has 2 rings (SSSR count). The molecule has 0 aromatic heterocycles. The molecule has 0 amide bonds. The van der Waals surface area contributed by atoms with Crippen molar-refractivity contribution in [2.75, 3.05) is 11.6 Å². The van der Waals surface area contributed by atoms with Gasteiger partial charge in [0.1, 0.15) is 16.4 Å². The minimum atomic E-state index is -4.82. The van der Waals surface area contributed by atoms with Crippen LogP contribution in [0, 0.1) is 15.9 Å². The van der Waals surface area contributed by atoms with Gasteiger partial charge in [0.2, 0.25) is 0 Å². The molecule has 0 unspecified atom stereocenters. The predicted octanol–water partition coefficient (Wildman–Crippen LogP) is 3.77. The fraction of sp³-hybridized carbons (Fsp3) is 0.200. The highest BCUT2D eigenvalue weighted by molar-refractivity contribution is 7.90. The molecule has 0 bridgehead atoms. The van der Waals surface area contributed by atoms with Crippen LogP contribution in [0.1, 0.15) is 11.1 Å². The molecule has 0 aliphatic carbocycles. The van der Waals surface area contributed by atoms with Crippen molar-refractivity contribution >= 4 is 21.2 Å². The molecule has 0 saturated carbocycles. The molecule has 6 nitrogen and oxygen atoms in total. The van der Waals surface area contributed by atoms with Crippen molar-refractivity contribution in [1.29, 1.82) is 0 Å². The maximum Gasteiger partial charge on any atom is 0.416 e. The Bertz CT molecular complexity index is 959. The number of sulfone groups is 1. The third kappa shape index (κ3) is 4.28. The smallest absolute Gasteiger partial charge is 0.375 e. The molecule has 0 radical (unpaired) electrons. The van der Waals surface area contributed by atoms with E-state index in [1.54, 1.807) is 0 Å². The fourth-order valence-electron chi connectivity index (χ4n) is 2.31. The number of alkyl halides is 3. The van der Waals surface area contributed by atoms with Crippen LogP contribution in [0.25, 0.3) is 0 Å². The minimum absolute atomic E-state index is 0.268. The third-order valence-corrected chi connectivity index (χ3v) is 4.56. The number of hydrogen-bond donors (Lipinski definition) is 1. The van der Waals surface area contributed by atoms with Gasteiger partial charge < -0.3 is 5.32 Å². The van der Waals surface area contributed by atoms with Gasteiger partial charge in [-0.3, -0.25) is 10.1 Å². The van der Waals surface area contributed by atoms with Crippen LogP contribution >= 0.6 is 0 Å². The summed E-state index contributed by atoms with van der Waals surface area (Å²) in [5.41, 5.74) is -2.62. The second-order valence-electron chi connectivity index (χ2n) is 5.33. The summed E-state index contributed by atoms with van der Waals surface area (Å²) in [6.45, 7) is -0.525. The van der Waals surface area contributed by atoms with Gasteiger partial charge in [0.05, 0.1) is 10.5 Å². The second-order valence-corrected chi connectivity index (χ2v) is 7.32. The van der Waals surface area contributed by atoms with Crippen LogP contribution in [0.5, 0.6) is 0 Å². The maximum absolute atomic E-state index is 13.1. The summed E-state index contributed by atoms with van der Waals surface area (Å²) in [5, 5.41) is 13.7. The highest BCUT2D eigenvalue weighted by Gasteiger charge is 2.34. The van der Waals surface area contributed by atoms with Crippen molar-refractivity contribution in [3.63, 3.8) is 0 Å². The largest absolute Gasteiger partial charge is 0.416 e. The Morgan fingerprint density at radius 3 is 2.38 bits per heavy atom. The standard InChI is InChI=1S/C15H12F4N2O4S/c1-26(24,25)13-4-2-3-12(14(13)21(22)23)20-8-9-5-6-10(16)7-11(9)15(17,18)19/h2-7,20H,8H2,1H3. The first-order valence-corrected chi connectivity index (χ1v) is 8.87. The summed E-state index contributed by atoms with van der Waals surface area (Å²) < 4.78 is 75.5. The summed E-state index contributed by atoms with van der Waals surface area (Å²) in [6.07, 6.45) is -4.04. The number of nitro benzene ring substituents is 1. The van der Waals surface area contributed by atoms with Gasteiger partial charge in [0.15, 0.2) is 9.84 Å². The van der Waals surface area contributed by atoms with Crippen LogP contribution in [-0.4, -0.2) is 19.6 Å². The van der Waals surface area contributed by atoms with Crippen molar-refractivity contribution in [3.05, 3.63) is 63.5 Å². The number of halogens is 4. The third-order valence-electron chi connectivity index (χ3n) is 3.43. The van der Waals surface area contributed by atoms with Gasteiger partial charge >= 0.3 is 11.9 Å². The lowest BCUT2D eigenvalue weighted by atomic mass is 10.1. The lowest BCUT2D eigenvalue weighted by Crippen LogP contribution is -2.13. The molecule has 0 heterocycles. The summed E-state index contributed by atoms with van der Waals surface area (Å²) in [6, 6.07) is 5.46. The molecule has 2 aromatic carbocycles. The van der Waals surface area contributed by atoms with Crippen molar-refractivity contribution in [2.24, 2.45) is 0 Å². The average Bonchev–Trinajstić information content (AvgIpc) is 2.51. The second kappa shape index (κ2) is 6.90. The molecule has 2 aromatic rings. The molecular weight excluding hydrogens is 380 g/mol. The van der Waals surface area contributed by atoms with Crippen molar-refractivity contribution in [2.45, 2.75) is 17.6 Å². The van der Waals surface area contributed by atoms with E-state index in [-0.39, 0.29) is 11.3 Å². The van der Waals surface area contributed by atoms with Crippen LogP contribution < -0.4 is 5.32 Å². The van der Waals surface area contributed by atoms with Crippen molar-refractivity contribution < 1.29 is 30.9 Å². The molecule has 0 spiro atoms. The molecule has 26 heavy (non-hydrogen) atoms. The Morgan fingerprint density at radius 1 is 1.19 bits per heavy atom. The van der Waals surface area contributed by atoms with E-state index in [4.69, 9.17) is 0 Å². The first-order valence-electron chi connectivity index (χ1n) is 6.98. The lowest BCUT2D eigenvalue weighted by molar-refractivity contribution is -0.386. The first-order chi connectivity index (χ1) is 11.9. The van der Waals surface area contributed by atoms with E-state index >= 15 is 0 Å². The zero-order valence-electron chi connectivity index (χ0n) is 13.2. The van der Waals surface area contributed by atoms with Gasteiger partial charge in [-0.1, -0.05) is 12.1 Å². The van der Waals surface area contributed by atoms with Crippen molar-refractivity contribution in [3.8, 4) is 0 Å². The van der Waals surface area contributed by atoms with Crippen LogP contribution in [-0.2, 0) is 22.6 Å². The molecule has 1 N–H and O–H groups in total. The van der Waals surface area contributed by atoms with Gasteiger partial charge in [-0.05, 0) is 29.8 Å². The van der Waals surface area contributed by atoms with E-state index < -0.39 is 49.4 Å². The first kappa shape index (κ1) is 19.6. The Morgan fingerprint density at radius 2 is 1.85 bits per heavy atom. The van der Waals surface area contributed by atoms with E-state index in [9.17, 15) is 36.1 Å². The number of benzene rings is 2. The van der Waals surface area contributed by atoms with Crippen molar-refractivity contribution in [1.82, 2.24) is 0 Å². The summed E-state index contributed by atoms with van der Waals surface area (Å²) in [4.78, 5) is 9.74. The zero-order chi connectivity index (χ0) is 19.7. The molecule has 11 heteroatoms. The van der Waals surface area contributed by atoms with Crippen LogP contribution in [0.4, 0.5) is 28.9 Å². The SMILES string of the molecule is CS(=O)(=O)c1cccc(NCc2ccc(F)cc2C(F)(F)F)c1[N+](=O)[O-]. The predicted molar refractivity (Wildman–Crippen MR) is 84.9 cm³/mol. The molecule has 140 valence electrons. The topological polar surface area (TPSA) is 89.3 Å². The van der Waals surface area contributed by atoms with E-state index in [2.05, 4.69) is 5.32 Å². The molecule has 0 aliphatic rings. The number of para-hydroxylation sites is 1. The van der Waals surface area contributed by atoms with E-state index in [1.807, 2.05) is 0 Å². The molecule has 0 aliphatic heterocycles. The molecular formula is C15H12F4N2O4S. The molecule has 0 saturated heterocycles. The zero-order valence-corrected chi connectivity index (χ0v) is 14.0. The summed E-state index contributed by atoms with van der Waals surface area (Å²) in [7, 11) is -3.93. The van der Waals surface area contributed by atoms with Gasteiger partial charge in [-0.15, -0.1) is 0 Å². The highest BCUT2D eigenvalue weighted by atomic mass is 32.2. The normalized spacial score (nSPS) is 12.0. The Balaban J connectivity index is 2.45. The Kier molecular flexibility index (Phi) is 5.21. The summed E-state index contributed by atoms with van der Waals surface area (Å²) in [5.74, 6) is -1.08. The quantitative estimate of drug-likeness (QED) is 0.475. The number of rotatable bonds is 5. The van der Waals surface area contributed by atoms with Gasteiger partial charge in [0, 0.05) is 12.8 Å². The Labute approximate surface area is 145 Å². The van der Waals surface area contributed by atoms with Gasteiger partial charge in [0.25, 0.3) is 0 Å². The highest BCUT2D eigenvalue weighted by Crippen LogP contribution is 2.35. The maximum atomic E-state index is 13.1. The van der Waals surface area contributed by atoms with E-state index in [0.717, 1.165) is 24.5 Å². The van der Waals surface area contributed by atoms with Gasteiger partial charge in [-0.2, -0.15) is 13.2 Å². The van der Waals surface area contributed by atoms with E-state index in [0.29, 0.717) is 6.07 Å². The lowest BCUT2D eigenvalue weighted by Gasteiger charge is -2.14. The molecule has 0 fully saturated rings. The summed E-state index contributed by atoms with van der Waals surface area (Å²) >= 11 is 0. The van der Waals surface area contributed by atoms with Gasteiger partial charge in [-0.25, -0.2) is 12.8 Å². The fourth-order valence-corrected chi connectivity index (χ4v) is 3.17. The van der Waals surface area contributed by atoms with E-state index in [1.165, 1.54) is 12.1 Å². The van der Waals surface area contributed by atoms with Crippen LogP contribution in [0.3, 0.4) is 0 Å².